The van der Waals surface area contributed by atoms with Gasteiger partial charge in [-0.2, -0.15) is 4.98 Å². The normalized spacial score (nSPS) is 13.0. The summed E-state index contributed by atoms with van der Waals surface area (Å²) in [6.07, 6.45) is 0.668. The second-order valence-electron chi connectivity index (χ2n) is 4.76. The molecule has 0 amide bonds. The van der Waals surface area contributed by atoms with E-state index >= 15 is 0 Å². The van der Waals surface area contributed by atoms with Crippen LogP contribution < -0.4 is 10.6 Å². The summed E-state index contributed by atoms with van der Waals surface area (Å²) < 4.78 is 5.07. The van der Waals surface area contributed by atoms with Gasteiger partial charge in [0, 0.05) is 20.0 Å². The van der Waals surface area contributed by atoms with Crippen LogP contribution in [0.1, 0.15) is 30.2 Å². The fourth-order valence-corrected chi connectivity index (χ4v) is 1.95. The van der Waals surface area contributed by atoms with Crippen molar-refractivity contribution >= 4 is 5.96 Å². The molecule has 2 rings (SSSR count). The van der Waals surface area contributed by atoms with E-state index in [1.165, 1.54) is 5.56 Å². The highest BCUT2D eigenvalue weighted by Gasteiger charge is 2.08. The molecule has 1 atom stereocenters. The number of nitrogens with one attached hydrogen (secondary N) is 2. The molecule has 2 aromatic rings. The fourth-order valence-electron chi connectivity index (χ4n) is 1.95. The van der Waals surface area contributed by atoms with Crippen molar-refractivity contribution < 1.29 is 4.52 Å². The quantitative estimate of drug-likeness (QED) is 0.648. The maximum absolute atomic E-state index is 5.07. The smallest absolute Gasteiger partial charge is 0.228 e. The van der Waals surface area contributed by atoms with Gasteiger partial charge in [0.2, 0.25) is 5.89 Å². The van der Waals surface area contributed by atoms with Crippen molar-refractivity contribution in [3.63, 3.8) is 0 Å². The standard InChI is InChI=1S/C15H21N5O/c1-11(13-7-5-4-6-8-13)18-15(16-3)17-10-9-14-19-12(2)20-21-14/h4-8,11H,9-10H2,1-3H3,(H2,16,17,18). The van der Waals surface area contributed by atoms with E-state index in [0.717, 1.165) is 5.96 Å². The Bertz CT molecular complexity index is 579. The van der Waals surface area contributed by atoms with Crippen LogP contribution in [0.3, 0.4) is 0 Å². The lowest BCUT2D eigenvalue weighted by atomic mass is 10.1. The Morgan fingerprint density at radius 2 is 2.10 bits per heavy atom. The van der Waals surface area contributed by atoms with Crippen molar-refractivity contribution in [1.82, 2.24) is 20.8 Å². The molecule has 0 saturated heterocycles. The molecule has 0 radical (unpaired) electrons. The summed E-state index contributed by atoms with van der Waals surface area (Å²) in [6, 6.07) is 10.4. The average molecular weight is 287 g/mol. The molecule has 6 nitrogen and oxygen atoms in total. The number of guanidine groups is 1. The lowest BCUT2D eigenvalue weighted by Crippen LogP contribution is -2.39. The number of rotatable bonds is 5. The Labute approximate surface area is 124 Å². The van der Waals surface area contributed by atoms with E-state index in [9.17, 15) is 0 Å². The Kier molecular flexibility index (Phi) is 5.31. The van der Waals surface area contributed by atoms with Crippen molar-refractivity contribution in [2.24, 2.45) is 4.99 Å². The van der Waals surface area contributed by atoms with Gasteiger partial charge in [-0.1, -0.05) is 35.5 Å². The van der Waals surface area contributed by atoms with Gasteiger partial charge in [-0.3, -0.25) is 4.99 Å². The highest BCUT2D eigenvalue weighted by molar-refractivity contribution is 5.80. The Morgan fingerprint density at radius 3 is 2.71 bits per heavy atom. The number of nitrogens with zero attached hydrogens (tertiary/aromatic N) is 3. The van der Waals surface area contributed by atoms with Crippen LogP contribution in [0, 0.1) is 6.92 Å². The van der Waals surface area contributed by atoms with Crippen molar-refractivity contribution in [3.05, 3.63) is 47.6 Å². The number of hydrogen-bond acceptors (Lipinski definition) is 4. The number of aromatic nitrogens is 2. The molecule has 0 bridgehead atoms. The van der Waals surface area contributed by atoms with Gasteiger partial charge >= 0.3 is 0 Å². The van der Waals surface area contributed by atoms with Gasteiger partial charge in [-0.25, -0.2) is 0 Å². The molecule has 1 heterocycles. The second kappa shape index (κ2) is 7.42. The van der Waals surface area contributed by atoms with E-state index in [1.807, 2.05) is 25.1 Å². The van der Waals surface area contributed by atoms with Crippen LogP contribution in [-0.2, 0) is 6.42 Å². The summed E-state index contributed by atoms with van der Waals surface area (Å²) in [7, 11) is 1.75. The molecule has 2 N–H and O–H groups in total. The van der Waals surface area contributed by atoms with Gasteiger partial charge in [0.05, 0.1) is 6.04 Å². The molecule has 0 aliphatic heterocycles. The lowest BCUT2D eigenvalue weighted by Gasteiger charge is -2.17. The summed E-state index contributed by atoms with van der Waals surface area (Å²) in [6.45, 7) is 4.59. The first-order valence-electron chi connectivity index (χ1n) is 7.00. The van der Waals surface area contributed by atoms with Gasteiger partial charge in [0.1, 0.15) is 0 Å². The van der Waals surface area contributed by atoms with E-state index in [1.54, 1.807) is 7.05 Å². The molecule has 0 aliphatic rings. The highest BCUT2D eigenvalue weighted by atomic mass is 16.5. The van der Waals surface area contributed by atoms with Crippen molar-refractivity contribution in [2.45, 2.75) is 26.3 Å². The summed E-state index contributed by atoms with van der Waals surface area (Å²) in [5.41, 5.74) is 1.22. The maximum Gasteiger partial charge on any atom is 0.228 e. The molecule has 0 fully saturated rings. The first-order chi connectivity index (χ1) is 10.2. The summed E-state index contributed by atoms with van der Waals surface area (Å²) in [4.78, 5) is 8.38. The molecule has 0 spiro atoms. The minimum atomic E-state index is 0.183. The third-order valence-corrected chi connectivity index (χ3v) is 3.08. The van der Waals surface area contributed by atoms with Crippen molar-refractivity contribution in [1.29, 1.82) is 0 Å². The average Bonchev–Trinajstić information content (AvgIpc) is 2.92. The van der Waals surface area contributed by atoms with E-state index in [2.05, 4.69) is 44.8 Å². The molecule has 0 aliphatic carbocycles. The molecule has 1 aromatic heterocycles. The predicted molar refractivity (Wildman–Crippen MR) is 82.1 cm³/mol. The number of hydrogen-bond donors (Lipinski definition) is 2. The number of aryl methyl sites for hydroxylation is 1. The third kappa shape index (κ3) is 4.59. The number of benzene rings is 1. The zero-order chi connectivity index (χ0) is 15.1. The van der Waals surface area contributed by atoms with Crippen LogP contribution >= 0.6 is 0 Å². The van der Waals surface area contributed by atoms with Crippen LogP contribution in [0.5, 0.6) is 0 Å². The van der Waals surface area contributed by atoms with Gasteiger partial charge in [-0.05, 0) is 19.4 Å². The third-order valence-electron chi connectivity index (χ3n) is 3.08. The molecule has 1 unspecified atom stereocenters. The molecule has 21 heavy (non-hydrogen) atoms. The van der Waals surface area contributed by atoms with Crippen LogP contribution in [0.25, 0.3) is 0 Å². The van der Waals surface area contributed by atoms with Gasteiger partial charge in [-0.15, -0.1) is 0 Å². The molecule has 0 saturated carbocycles. The van der Waals surface area contributed by atoms with Crippen molar-refractivity contribution in [3.8, 4) is 0 Å². The predicted octanol–water partition coefficient (Wildman–Crippen LogP) is 1.85. The van der Waals surface area contributed by atoms with Crippen LogP contribution in [0.4, 0.5) is 0 Å². The van der Waals surface area contributed by atoms with Gasteiger partial charge in [0.25, 0.3) is 0 Å². The van der Waals surface area contributed by atoms with Crippen LogP contribution in [0.2, 0.25) is 0 Å². The summed E-state index contributed by atoms with van der Waals surface area (Å²) in [5.74, 6) is 2.04. The molecular formula is C15H21N5O. The first kappa shape index (κ1) is 15.0. The second-order valence-corrected chi connectivity index (χ2v) is 4.76. The first-order valence-corrected chi connectivity index (χ1v) is 7.00. The Morgan fingerprint density at radius 1 is 1.33 bits per heavy atom. The molecular weight excluding hydrogens is 266 g/mol. The van der Waals surface area contributed by atoms with Gasteiger partial charge in [0.15, 0.2) is 11.8 Å². The molecule has 1 aromatic carbocycles. The SMILES string of the molecule is CN=C(NCCc1nc(C)no1)NC(C)c1ccccc1. The topological polar surface area (TPSA) is 75.3 Å². The minimum Gasteiger partial charge on any atom is -0.356 e. The maximum atomic E-state index is 5.07. The Hall–Kier alpha value is -2.37. The number of aliphatic imine (C=N–C) groups is 1. The molecule has 112 valence electrons. The lowest BCUT2D eigenvalue weighted by molar-refractivity contribution is 0.374. The summed E-state index contributed by atoms with van der Waals surface area (Å²) >= 11 is 0. The minimum absolute atomic E-state index is 0.183. The highest BCUT2D eigenvalue weighted by Crippen LogP contribution is 2.10. The zero-order valence-corrected chi connectivity index (χ0v) is 12.6. The van der Waals surface area contributed by atoms with Crippen molar-refractivity contribution in [2.75, 3.05) is 13.6 Å². The zero-order valence-electron chi connectivity index (χ0n) is 12.6. The van der Waals surface area contributed by atoms with Crippen LogP contribution in [0.15, 0.2) is 39.8 Å². The van der Waals surface area contributed by atoms with E-state index in [-0.39, 0.29) is 6.04 Å². The summed E-state index contributed by atoms with van der Waals surface area (Å²) in [5, 5.41) is 10.3. The fraction of sp³-hybridized carbons (Fsp3) is 0.400. The monoisotopic (exact) mass is 287 g/mol. The van der Waals surface area contributed by atoms with Gasteiger partial charge < -0.3 is 15.2 Å². The van der Waals surface area contributed by atoms with E-state index in [0.29, 0.717) is 24.7 Å². The Balaban J connectivity index is 1.81. The largest absolute Gasteiger partial charge is 0.356 e. The molecule has 6 heteroatoms. The van der Waals surface area contributed by atoms with E-state index < -0.39 is 0 Å². The van der Waals surface area contributed by atoms with E-state index in [4.69, 9.17) is 4.52 Å². The van der Waals surface area contributed by atoms with Crippen LogP contribution in [-0.4, -0.2) is 29.7 Å².